The van der Waals surface area contributed by atoms with Gasteiger partial charge in [0.05, 0.1) is 12.3 Å². The van der Waals surface area contributed by atoms with Crippen LogP contribution in [0.2, 0.25) is 0 Å². The number of urea groups is 1. The van der Waals surface area contributed by atoms with Crippen molar-refractivity contribution in [1.29, 1.82) is 0 Å². The molecule has 2 heterocycles. The second kappa shape index (κ2) is 10.5. The lowest BCUT2D eigenvalue weighted by Gasteiger charge is -2.26. The fraction of sp³-hybridized carbons (Fsp3) is 0.148. The number of amides is 4. The summed E-state index contributed by atoms with van der Waals surface area (Å²) in [6, 6.07) is 12.9. The molecule has 0 saturated carbocycles. The first kappa shape index (κ1) is 25.3. The van der Waals surface area contributed by atoms with Crippen molar-refractivity contribution in [2.45, 2.75) is 13.5 Å². The number of nitrogens with one attached hydrogen (secondary N) is 1. The molecule has 3 aromatic carbocycles. The summed E-state index contributed by atoms with van der Waals surface area (Å²) in [5.41, 5.74) is 1.16. The van der Waals surface area contributed by atoms with E-state index < -0.39 is 17.8 Å². The summed E-state index contributed by atoms with van der Waals surface area (Å²) in [4.78, 5) is 39.4. The van der Waals surface area contributed by atoms with E-state index in [1.165, 1.54) is 30.3 Å². The van der Waals surface area contributed by atoms with Gasteiger partial charge in [-0.3, -0.25) is 14.9 Å². The third-order valence-corrected chi connectivity index (χ3v) is 6.37. The minimum atomic E-state index is -0.880. The van der Waals surface area contributed by atoms with Crippen LogP contribution in [0.25, 0.3) is 6.08 Å². The first-order valence-corrected chi connectivity index (χ1v) is 12.3. The van der Waals surface area contributed by atoms with Gasteiger partial charge in [-0.2, -0.15) is 0 Å². The molecule has 0 aromatic heterocycles. The van der Waals surface area contributed by atoms with E-state index >= 15 is 0 Å². The van der Waals surface area contributed by atoms with E-state index in [4.69, 9.17) is 18.9 Å². The van der Waals surface area contributed by atoms with Gasteiger partial charge in [-0.05, 0) is 60.5 Å². The van der Waals surface area contributed by atoms with Crippen LogP contribution in [0.3, 0.4) is 0 Å². The van der Waals surface area contributed by atoms with Gasteiger partial charge < -0.3 is 18.9 Å². The van der Waals surface area contributed by atoms with E-state index in [0.29, 0.717) is 39.6 Å². The van der Waals surface area contributed by atoms with Crippen molar-refractivity contribution >= 4 is 45.5 Å². The van der Waals surface area contributed by atoms with Gasteiger partial charge in [0.2, 0.25) is 6.79 Å². The number of carbonyl (C=O) groups is 3. The minimum absolute atomic E-state index is 0.0301. The summed E-state index contributed by atoms with van der Waals surface area (Å²) in [6.45, 7) is 2.33. The van der Waals surface area contributed by atoms with Gasteiger partial charge in [-0.1, -0.05) is 28.1 Å². The Balaban J connectivity index is 1.45. The van der Waals surface area contributed by atoms with Crippen molar-refractivity contribution in [3.05, 3.63) is 81.6 Å². The molecule has 0 aliphatic carbocycles. The van der Waals surface area contributed by atoms with Crippen molar-refractivity contribution in [1.82, 2.24) is 5.32 Å². The van der Waals surface area contributed by atoms with E-state index in [2.05, 4.69) is 21.2 Å². The lowest BCUT2D eigenvalue weighted by Crippen LogP contribution is -2.54. The third kappa shape index (κ3) is 5.05. The van der Waals surface area contributed by atoms with Crippen molar-refractivity contribution < 1.29 is 37.7 Å². The molecular formula is C27H20BrFN2O7. The van der Waals surface area contributed by atoms with Gasteiger partial charge in [0.15, 0.2) is 23.0 Å². The Morgan fingerprint density at radius 2 is 1.74 bits per heavy atom. The first-order chi connectivity index (χ1) is 18.3. The highest BCUT2D eigenvalue weighted by Gasteiger charge is 2.37. The maximum absolute atomic E-state index is 13.3. The Hall–Kier alpha value is -4.38. The maximum Gasteiger partial charge on any atom is 0.335 e. The molecule has 0 radical (unpaired) electrons. The molecule has 2 aliphatic rings. The van der Waals surface area contributed by atoms with Gasteiger partial charge in [0.1, 0.15) is 18.0 Å². The number of carbonyl (C=O) groups excluding carboxylic acids is 3. The van der Waals surface area contributed by atoms with E-state index in [1.807, 2.05) is 0 Å². The molecule has 0 atom stereocenters. The van der Waals surface area contributed by atoms with Crippen LogP contribution < -0.4 is 29.2 Å². The number of benzene rings is 3. The quantitative estimate of drug-likeness (QED) is 0.310. The molecule has 2 aliphatic heterocycles. The van der Waals surface area contributed by atoms with E-state index in [-0.39, 0.29) is 30.5 Å². The van der Waals surface area contributed by atoms with Crippen LogP contribution in [0, 0.1) is 5.82 Å². The molecule has 0 unspecified atom stereocenters. The van der Waals surface area contributed by atoms with Crippen LogP contribution in [0.1, 0.15) is 18.1 Å². The Kier molecular flexibility index (Phi) is 7.01. The van der Waals surface area contributed by atoms with E-state index in [9.17, 15) is 18.8 Å². The van der Waals surface area contributed by atoms with Gasteiger partial charge in [-0.15, -0.1) is 0 Å². The van der Waals surface area contributed by atoms with Crippen LogP contribution in [0.15, 0.2) is 64.6 Å². The predicted molar refractivity (Wildman–Crippen MR) is 138 cm³/mol. The number of barbiturate groups is 1. The van der Waals surface area contributed by atoms with E-state index in [0.717, 1.165) is 10.5 Å². The minimum Gasteiger partial charge on any atom is -0.490 e. The number of fused-ring (bicyclic) bond motifs is 1. The molecule has 4 amide bonds. The zero-order valence-corrected chi connectivity index (χ0v) is 21.5. The normalized spacial score (nSPS) is 15.6. The second-order valence-corrected chi connectivity index (χ2v) is 9.02. The van der Waals surface area contributed by atoms with Crippen molar-refractivity contribution in [2.75, 3.05) is 18.3 Å². The number of halogens is 2. The molecule has 1 saturated heterocycles. The number of nitrogens with zero attached hydrogens (tertiary/aromatic N) is 1. The number of hydrogen-bond acceptors (Lipinski definition) is 7. The SMILES string of the molecule is CCOc1cc(/C=C2\C(=O)NC(=O)N(c3ccc4c(c3)OCO4)C2=O)c(Br)cc1OCc1ccc(F)cc1. The Bertz CT molecular complexity index is 1470. The fourth-order valence-electron chi connectivity index (χ4n) is 3.86. The summed E-state index contributed by atoms with van der Waals surface area (Å²) in [5, 5.41) is 2.20. The number of hydrogen-bond donors (Lipinski definition) is 1. The standard InChI is InChI=1S/C27H20BrFN2O7/c1-2-35-22-10-16(20(28)12-24(22)36-13-15-3-5-17(29)6-4-15)9-19-25(32)30-27(34)31(26(19)33)18-7-8-21-23(11-18)38-14-37-21/h3-12H,2,13-14H2,1H3,(H,30,32,34)/b19-9+. The molecule has 1 fully saturated rings. The monoisotopic (exact) mass is 582 g/mol. The Labute approximate surface area is 224 Å². The topological polar surface area (TPSA) is 103 Å². The lowest BCUT2D eigenvalue weighted by molar-refractivity contribution is -0.122. The lowest BCUT2D eigenvalue weighted by atomic mass is 10.1. The van der Waals surface area contributed by atoms with Crippen LogP contribution in [-0.4, -0.2) is 31.2 Å². The predicted octanol–water partition coefficient (Wildman–Crippen LogP) is 4.96. The molecular weight excluding hydrogens is 563 g/mol. The summed E-state index contributed by atoms with van der Waals surface area (Å²) in [5.74, 6) is -0.342. The molecule has 38 heavy (non-hydrogen) atoms. The molecule has 9 nitrogen and oxygen atoms in total. The van der Waals surface area contributed by atoms with Crippen molar-refractivity contribution in [3.8, 4) is 23.0 Å². The average molecular weight is 583 g/mol. The molecule has 0 bridgehead atoms. The molecule has 3 aromatic rings. The van der Waals surface area contributed by atoms with Crippen LogP contribution >= 0.6 is 15.9 Å². The van der Waals surface area contributed by atoms with Crippen LogP contribution in [-0.2, 0) is 16.2 Å². The molecule has 0 spiro atoms. The van der Waals surface area contributed by atoms with Gasteiger partial charge in [0.25, 0.3) is 11.8 Å². The van der Waals surface area contributed by atoms with Crippen LogP contribution in [0.5, 0.6) is 23.0 Å². The Morgan fingerprint density at radius 1 is 1.00 bits per heavy atom. The molecule has 11 heteroatoms. The molecule has 5 rings (SSSR count). The number of ether oxygens (including phenoxy) is 4. The highest BCUT2D eigenvalue weighted by atomic mass is 79.9. The fourth-order valence-corrected chi connectivity index (χ4v) is 4.29. The first-order valence-electron chi connectivity index (χ1n) is 11.5. The summed E-state index contributed by atoms with van der Waals surface area (Å²) in [7, 11) is 0. The van der Waals surface area contributed by atoms with Crippen molar-refractivity contribution in [2.24, 2.45) is 0 Å². The third-order valence-electron chi connectivity index (χ3n) is 5.69. The van der Waals surface area contributed by atoms with Gasteiger partial charge >= 0.3 is 6.03 Å². The number of rotatable bonds is 7. The zero-order valence-electron chi connectivity index (χ0n) is 20.0. The summed E-state index contributed by atoms with van der Waals surface area (Å²) < 4.78 is 35.9. The number of anilines is 1. The molecule has 194 valence electrons. The maximum atomic E-state index is 13.3. The van der Waals surface area contributed by atoms with E-state index in [1.54, 1.807) is 37.3 Å². The summed E-state index contributed by atoms with van der Waals surface area (Å²) in [6.07, 6.45) is 1.36. The van der Waals surface area contributed by atoms with Crippen molar-refractivity contribution in [3.63, 3.8) is 0 Å². The van der Waals surface area contributed by atoms with Gasteiger partial charge in [0, 0.05) is 10.5 Å². The second-order valence-electron chi connectivity index (χ2n) is 8.16. The summed E-state index contributed by atoms with van der Waals surface area (Å²) >= 11 is 3.46. The largest absolute Gasteiger partial charge is 0.490 e. The zero-order chi connectivity index (χ0) is 26.8. The Morgan fingerprint density at radius 3 is 2.50 bits per heavy atom. The van der Waals surface area contributed by atoms with Crippen LogP contribution in [0.4, 0.5) is 14.9 Å². The average Bonchev–Trinajstić information content (AvgIpc) is 3.36. The highest BCUT2D eigenvalue weighted by molar-refractivity contribution is 9.10. The smallest absolute Gasteiger partial charge is 0.335 e. The number of imide groups is 2. The van der Waals surface area contributed by atoms with Gasteiger partial charge in [-0.25, -0.2) is 14.1 Å². The molecule has 1 N–H and O–H groups in total. The highest BCUT2D eigenvalue weighted by Crippen LogP contribution is 2.38.